The van der Waals surface area contributed by atoms with Crippen LogP contribution in [0, 0.1) is 11.6 Å². The zero-order chi connectivity index (χ0) is 14.5. The molecule has 0 aromatic heterocycles. The van der Waals surface area contributed by atoms with Crippen LogP contribution in [0.3, 0.4) is 0 Å². The summed E-state index contributed by atoms with van der Waals surface area (Å²) >= 11 is 5.74. The third kappa shape index (κ3) is 3.76. The average molecular weight is 297 g/mol. The van der Waals surface area contributed by atoms with Gasteiger partial charge in [0.05, 0.1) is 5.02 Å². The Morgan fingerprint density at radius 3 is 2.45 bits per heavy atom. The molecule has 0 amide bonds. The molecule has 2 rings (SSSR count). The Kier molecular flexibility index (Phi) is 5.06. The predicted molar refractivity (Wildman–Crippen MR) is 76.3 cm³/mol. The number of nitrogens with one attached hydrogen (secondary N) is 1. The second kappa shape index (κ2) is 6.79. The molecule has 0 saturated heterocycles. The van der Waals surface area contributed by atoms with E-state index >= 15 is 0 Å². The second-order valence-electron chi connectivity index (χ2n) is 4.61. The molecule has 0 aliphatic carbocycles. The van der Waals surface area contributed by atoms with Crippen LogP contribution in [-0.2, 0) is 12.8 Å². The van der Waals surface area contributed by atoms with E-state index in [2.05, 4.69) is 5.43 Å². The number of rotatable bonds is 5. The first kappa shape index (κ1) is 14.9. The first-order valence-electron chi connectivity index (χ1n) is 6.23. The van der Waals surface area contributed by atoms with Crippen LogP contribution in [0.4, 0.5) is 8.78 Å². The first-order chi connectivity index (χ1) is 9.60. The normalized spacial score (nSPS) is 12.4. The molecule has 1 unspecified atom stereocenters. The molecule has 2 aromatic rings. The molecule has 0 heterocycles. The molecule has 2 nitrogen and oxygen atoms in total. The van der Waals surface area contributed by atoms with Crippen LogP contribution < -0.4 is 11.3 Å². The highest BCUT2D eigenvalue weighted by atomic mass is 35.5. The van der Waals surface area contributed by atoms with Crippen molar-refractivity contribution in [1.82, 2.24) is 5.43 Å². The van der Waals surface area contributed by atoms with Crippen LogP contribution in [0.5, 0.6) is 0 Å². The van der Waals surface area contributed by atoms with Gasteiger partial charge in [0.15, 0.2) is 0 Å². The molecule has 0 spiro atoms. The van der Waals surface area contributed by atoms with Crippen molar-refractivity contribution in [1.29, 1.82) is 0 Å². The summed E-state index contributed by atoms with van der Waals surface area (Å²) < 4.78 is 26.7. The third-order valence-corrected chi connectivity index (χ3v) is 3.42. The average Bonchev–Trinajstić information content (AvgIpc) is 2.44. The summed E-state index contributed by atoms with van der Waals surface area (Å²) in [5.41, 5.74) is 4.09. The van der Waals surface area contributed by atoms with Gasteiger partial charge in [-0.15, -0.1) is 0 Å². The van der Waals surface area contributed by atoms with Gasteiger partial charge in [-0.3, -0.25) is 11.3 Å². The van der Waals surface area contributed by atoms with Crippen molar-refractivity contribution in [2.24, 2.45) is 5.84 Å². The lowest BCUT2D eigenvalue weighted by molar-refractivity contribution is 0.506. The van der Waals surface area contributed by atoms with Gasteiger partial charge in [0, 0.05) is 6.04 Å². The number of nitrogens with two attached hydrogens (primary N) is 1. The monoisotopic (exact) mass is 296 g/mol. The molecular weight excluding hydrogens is 282 g/mol. The van der Waals surface area contributed by atoms with Crippen LogP contribution >= 0.6 is 11.6 Å². The molecule has 5 heteroatoms. The first-order valence-corrected chi connectivity index (χ1v) is 6.61. The summed E-state index contributed by atoms with van der Waals surface area (Å²) in [7, 11) is 0. The van der Waals surface area contributed by atoms with E-state index in [0.717, 1.165) is 5.56 Å². The molecule has 0 aliphatic heterocycles. The zero-order valence-corrected chi connectivity index (χ0v) is 11.5. The van der Waals surface area contributed by atoms with E-state index in [9.17, 15) is 8.78 Å². The van der Waals surface area contributed by atoms with Gasteiger partial charge in [-0.25, -0.2) is 8.78 Å². The van der Waals surface area contributed by atoms with Gasteiger partial charge < -0.3 is 0 Å². The highest BCUT2D eigenvalue weighted by molar-refractivity contribution is 6.30. The maximum atomic E-state index is 13.6. The summed E-state index contributed by atoms with van der Waals surface area (Å²) in [6, 6.07) is 10.9. The Bertz CT molecular complexity index is 590. The number of benzene rings is 2. The van der Waals surface area contributed by atoms with E-state index in [-0.39, 0.29) is 16.9 Å². The molecule has 2 aromatic carbocycles. The van der Waals surface area contributed by atoms with Crippen LogP contribution in [0.15, 0.2) is 42.5 Å². The molecule has 0 bridgehead atoms. The van der Waals surface area contributed by atoms with Gasteiger partial charge in [0.1, 0.15) is 11.6 Å². The Labute approximate surface area is 121 Å². The predicted octanol–water partition coefficient (Wildman–Crippen LogP) is 3.24. The molecule has 0 saturated carbocycles. The van der Waals surface area contributed by atoms with Gasteiger partial charge in [0.2, 0.25) is 0 Å². The van der Waals surface area contributed by atoms with Gasteiger partial charge in [-0.1, -0.05) is 35.9 Å². The van der Waals surface area contributed by atoms with E-state index < -0.39 is 5.82 Å². The van der Waals surface area contributed by atoms with Gasteiger partial charge >= 0.3 is 0 Å². The smallest absolute Gasteiger partial charge is 0.141 e. The summed E-state index contributed by atoms with van der Waals surface area (Å²) in [6.45, 7) is 0. The summed E-state index contributed by atoms with van der Waals surface area (Å²) in [4.78, 5) is 0. The number of hydrogen-bond donors (Lipinski definition) is 2. The summed E-state index contributed by atoms with van der Waals surface area (Å²) in [5, 5.41) is 0.0733. The largest absolute Gasteiger partial charge is 0.271 e. The van der Waals surface area contributed by atoms with E-state index in [1.807, 2.05) is 0 Å². The fourth-order valence-electron chi connectivity index (χ4n) is 2.07. The molecule has 3 N–H and O–H groups in total. The Morgan fingerprint density at radius 2 is 1.80 bits per heavy atom. The summed E-state index contributed by atoms with van der Waals surface area (Å²) in [6.07, 6.45) is 0.975. The van der Waals surface area contributed by atoms with Crippen LogP contribution in [0.2, 0.25) is 5.02 Å². The van der Waals surface area contributed by atoms with Crippen LogP contribution in [0.25, 0.3) is 0 Å². The minimum atomic E-state index is -0.457. The molecular formula is C15H15ClF2N2. The third-order valence-electron chi connectivity index (χ3n) is 3.13. The lowest BCUT2D eigenvalue weighted by Gasteiger charge is -2.16. The van der Waals surface area contributed by atoms with Crippen molar-refractivity contribution in [2.45, 2.75) is 18.9 Å². The molecule has 106 valence electrons. The second-order valence-corrected chi connectivity index (χ2v) is 5.02. The highest BCUT2D eigenvalue weighted by Gasteiger charge is 2.12. The summed E-state index contributed by atoms with van der Waals surface area (Å²) in [5.74, 6) is 4.79. The molecule has 20 heavy (non-hydrogen) atoms. The quantitative estimate of drug-likeness (QED) is 0.657. The highest BCUT2D eigenvalue weighted by Crippen LogP contribution is 2.18. The van der Waals surface area contributed by atoms with Gasteiger partial charge in [0.25, 0.3) is 0 Å². The van der Waals surface area contributed by atoms with Gasteiger partial charge in [-0.05, 0) is 42.2 Å². The maximum Gasteiger partial charge on any atom is 0.141 e. The van der Waals surface area contributed by atoms with E-state index in [1.165, 1.54) is 12.1 Å². The maximum absolute atomic E-state index is 13.6. The minimum Gasteiger partial charge on any atom is -0.271 e. The molecule has 1 atom stereocenters. The standard InChI is InChI=1S/C15H15ClF2N2/c16-13-8-10(5-6-15(13)18)7-12(20-19)9-11-3-1-2-4-14(11)17/h1-6,8,12,20H,7,9,19H2. The Hall–Kier alpha value is -1.49. The van der Waals surface area contributed by atoms with Crippen LogP contribution in [-0.4, -0.2) is 6.04 Å². The van der Waals surface area contributed by atoms with E-state index in [4.69, 9.17) is 17.4 Å². The lowest BCUT2D eigenvalue weighted by atomic mass is 9.99. The fraction of sp³-hybridized carbons (Fsp3) is 0.200. The van der Waals surface area contributed by atoms with Crippen molar-refractivity contribution in [3.63, 3.8) is 0 Å². The molecule has 0 fully saturated rings. The lowest BCUT2D eigenvalue weighted by Crippen LogP contribution is -2.38. The fourth-order valence-corrected chi connectivity index (χ4v) is 2.27. The minimum absolute atomic E-state index is 0.0733. The van der Waals surface area contributed by atoms with Crippen molar-refractivity contribution >= 4 is 11.6 Å². The van der Waals surface area contributed by atoms with Crippen molar-refractivity contribution in [3.8, 4) is 0 Å². The van der Waals surface area contributed by atoms with Crippen LogP contribution in [0.1, 0.15) is 11.1 Å². The number of halogens is 3. The van der Waals surface area contributed by atoms with E-state index in [1.54, 1.807) is 30.3 Å². The number of hydrazine groups is 1. The van der Waals surface area contributed by atoms with Crippen molar-refractivity contribution in [2.75, 3.05) is 0 Å². The Morgan fingerprint density at radius 1 is 1.05 bits per heavy atom. The SMILES string of the molecule is NNC(Cc1ccc(F)c(Cl)c1)Cc1ccccc1F. The van der Waals surface area contributed by atoms with E-state index in [0.29, 0.717) is 18.4 Å². The molecule has 0 radical (unpaired) electrons. The van der Waals surface area contributed by atoms with Crippen molar-refractivity contribution in [3.05, 3.63) is 70.2 Å². The topological polar surface area (TPSA) is 38.0 Å². The zero-order valence-electron chi connectivity index (χ0n) is 10.7. The Balaban J connectivity index is 2.09. The van der Waals surface area contributed by atoms with Gasteiger partial charge in [-0.2, -0.15) is 0 Å². The number of hydrogen-bond acceptors (Lipinski definition) is 2. The van der Waals surface area contributed by atoms with Crippen molar-refractivity contribution < 1.29 is 8.78 Å². The molecule has 0 aliphatic rings.